The molecule has 2 nitrogen and oxygen atoms in total. The van der Waals surface area contributed by atoms with E-state index >= 15 is 0 Å². The van der Waals surface area contributed by atoms with Gasteiger partial charge < -0.3 is 9.32 Å². The molecule has 0 unspecified atom stereocenters. The van der Waals surface area contributed by atoms with E-state index in [0.29, 0.717) is 0 Å². The molecule has 0 saturated heterocycles. The first-order chi connectivity index (χ1) is 25.8. The molecule has 52 heavy (non-hydrogen) atoms. The number of anilines is 3. The highest BCUT2D eigenvalue weighted by atomic mass is 16.3. The number of furan rings is 1. The molecule has 1 aromatic heterocycles. The molecule has 0 spiro atoms. The second-order valence-electron chi connectivity index (χ2n) is 13.4. The molecule has 244 valence electrons. The highest BCUT2D eigenvalue weighted by Crippen LogP contribution is 2.44. The molecule has 0 aliphatic carbocycles. The molecule has 10 aromatic rings. The Labute approximate surface area is 302 Å². The summed E-state index contributed by atoms with van der Waals surface area (Å²) in [5.74, 6) is 0. The van der Waals surface area contributed by atoms with Crippen molar-refractivity contribution in [3.63, 3.8) is 0 Å². The van der Waals surface area contributed by atoms with Gasteiger partial charge in [0.1, 0.15) is 11.2 Å². The maximum absolute atomic E-state index is 6.58. The Hall–Kier alpha value is -6.90. The monoisotopic (exact) mass is 663 g/mol. The van der Waals surface area contributed by atoms with Gasteiger partial charge >= 0.3 is 0 Å². The van der Waals surface area contributed by atoms with E-state index in [9.17, 15) is 0 Å². The van der Waals surface area contributed by atoms with E-state index in [0.717, 1.165) is 55.5 Å². The molecule has 0 N–H and O–H groups in total. The van der Waals surface area contributed by atoms with Crippen molar-refractivity contribution in [2.45, 2.75) is 0 Å². The van der Waals surface area contributed by atoms with Crippen molar-refractivity contribution in [1.29, 1.82) is 0 Å². The number of hydrogen-bond donors (Lipinski definition) is 0. The van der Waals surface area contributed by atoms with E-state index in [1.54, 1.807) is 0 Å². The molecule has 0 bridgehead atoms. The van der Waals surface area contributed by atoms with Gasteiger partial charge in [-0.2, -0.15) is 0 Å². The lowest BCUT2D eigenvalue weighted by Gasteiger charge is -2.26. The summed E-state index contributed by atoms with van der Waals surface area (Å²) in [5.41, 5.74) is 12.1. The van der Waals surface area contributed by atoms with Gasteiger partial charge in [0, 0.05) is 27.8 Å². The van der Waals surface area contributed by atoms with Crippen LogP contribution in [0.3, 0.4) is 0 Å². The predicted molar refractivity (Wildman–Crippen MR) is 220 cm³/mol. The van der Waals surface area contributed by atoms with Crippen LogP contribution in [0, 0.1) is 0 Å². The summed E-state index contributed by atoms with van der Waals surface area (Å²) in [6, 6.07) is 71.7. The van der Waals surface area contributed by atoms with Gasteiger partial charge in [-0.1, -0.05) is 140 Å². The first kappa shape index (κ1) is 30.0. The van der Waals surface area contributed by atoms with Gasteiger partial charge in [-0.25, -0.2) is 0 Å². The van der Waals surface area contributed by atoms with Crippen LogP contribution in [-0.2, 0) is 0 Å². The van der Waals surface area contributed by atoms with Crippen molar-refractivity contribution in [1.82, 2.24) is 0 Å². The third-order valence-electron chi connectivity index (χ3n) is 10.2. The zero-order valence-electron chi connectivity index (χ0n) is 28.4. The molecule has 1 heterocycles. The third-order valence-corrected chi connectivity index (χ3v) is 10.2. The Bertz CT molecular complexity index is 2890. The van der Waals surface area contributed by atoms with Crippen LogP contribution in [0.2, 0.25) is 0 Å². The van der Waals surface area contributed by atoms with E-state index in [4.69, 9.17) is 4.42 Å². The molecule has 0 saturated carbocycles. The van der Waals surface area contributed by atoms with Gasteiger partial charge in [-0.3, -0.25) is 0 Å². The van der Waals surface area contributed by atoms with Gasteiger partial charge in [0.05, 0.1) is 0 Å². The SMILES string of the molecule is c1ccc(-c2cccc(-c3cc4oc5ccccc5c4c4cc(N(c5ccccc5)c5ccc(-c6ccc7ccccc7c6)cc5)ccc34)c2)cc1. The van der Waals surface area contributed by atoms with Crippen LogP contribution in [0.15, 0.2) is 205 Å². The molecule has 0 fully saturated rings. The lowest BCUT2D eigenvalue weighted by atomic mass is 9.92. The maximum atomic E-state index is 6.58. The van der Waals surface area contributed by atoms with Gasteiger partial charge in [0.15, 0.2) is 0 Å². The Balaban J connectivity index is 1.15. The Morgan fingerprint density at radius 2 is 0.923 bits per heavy atom. The largest absolute Gasteiger partial charge is 0.456 e. The molecule has 0 aliphatic heterocycles. The van der Waals surface area contributed by atoms with Crippen LogP contribution in [0.5, 0.6) is 0 Å². The smallest absolute Gasteiger partial charge is 0.136 e. The molecule has 0 aliphatic rings. The number of benzene rings is 9. The fraction of sp³-hybridized carbons (Fsp3) is 0. The minimum atomic E-state index is 0.886. The molecule has 9 aromatic carbocycles. The second-order valence-corrected chi connectivity index (χ2v) is 13.4. The first-order valence-corrected chi connectivity index (χ1v) is 17.8. The fourth-order valence-electron chi connectivity index (χ4n) is 7.70. The number of rotatable bonds is 6. The summed E-state index contributed by atoms with van der Waals surface area (Å²) in [6.45, 7) is 0. The minimum Gasteiger partial charge on any atom is -0.456 e. The van der Waals surface area contributed by atoms with Crippen LogP contribution in [0.25, 0.3) is 76.9 Å². The van der Waals surface area contributed by atoms with E-state index < -0.39 is 0 Å². The summed E-state index contributed by atoms with van der Waals surface area (Å²) >= 11 is 0. The minimum absolute atomic E-state index is 0.886. The highest BCUT2D eigenvalue weighted by Gasteiger charge is 2.19. The van der Waals surface area contributed by atoms with Gasteiger partial charge in [0.2, 0.25) is 0 Å². The fourth-order valence-corrected chi connectivity index (χ4v) is 7.70. The zero-order chi connectivity index (χ0) is 34.4. The highest BCUT2D eigenvalue weighted by molar-refractivity contribution is 6.22. The van der Waals surface area contributed by atoms with Crippen LogP contribution in [0.1, 0.15) is 0 Å². The molecule has 2 heteroatoms. The third kappa shape index (κ3) is 5.21. The van der Waals surface area contributed by atoms with Crippen molar-refractivity contribution >= 4 is 60.5 Å². The van der Waals surface area contributed by atoms with Crippen molar-refractivity contribution in [3.8, 4) is 33.4 Å². The van der Waals surface area contributed by atoms with Crippen molar-refractivity contribution in [2.24, 2.45) is 0 Å². The topological polar surface area (TPSA) is 16.4 Å². The summed E-state index contributed by atoms with van der Waals surface area (Å²) < 4.78 is 6.58. The molecular weight excluding hydrogens is 631 g/mol. The average Bonchev–Trinajstić information content (AvgIpc) is 3.60. The number of nitrogens with zero attached hydrogens (tertiary/aromatic N) is 1. The number of fused-ring (bicyclic) bond motifs is 6. The first-order valence-electron chi connectivity index (χ1n) is 17.8. The summed E-state index contributed by atoms with van der Waals surface area (Å²) in [4.78, 5) is 2.35. The van der Waals surface area contributed by atoms with Crippen molar-refractivity contribution in [2.75, 3.05) is 4.90 Å². The van der Waals surface area contributed by atoms with E-state index in [1.165, 1.54) is 38.4 Å². The Morgan fingerprint density at radius 3 is 1.77 bits per heavy atom. The van der Waals surface area contributed by atoms with E-state index in [-0.39, 0.29) is 0 Å². The zero-order valence-corrected chi connectivity index (χ0v) is 28.4. The quantitative estimate of drug-likeness (QED) is 0.176. The molecule has 0 radical (unpaired) electrons. The standard InChI is InChI=1S/C50H33NO/c1-3-12-34(13-4-1)38-16-11-17-40(31-38)46-33-49-50(45-20-9-10-21-48(45)52-49)47-32-43(28-29-44(46)47)51(41-18-5-2-6-19-41)42-26-24-36(25-27-42)39-23-22-35-14-7-8-15-37(35)30-39/h1-33H. The lowest BCUT2D eigenvalue weighted by Crippen LogP contribution is -2.09. The van der Waals surface area contributed by atoms with Crippen LogP contribution in [0.4, 0.5) is 17.1 Å². The number of hydrogen-bond acceptors (Lipinski definition) is 2. The van der Waals surface area contributed by atoms with E-state index in [1.807, 2.05) is 6.07 Å². The van der Waals surface area contributed by atoms with Crippen molar-refractivity contribution in [3.05, 3.63) is 200 Å². The van der Waals surface area contributed by atoms with Gasteiger partial charge in [0.25, 0.3) is 0 Å². The summed E-state index contributed by atoms with van der Waals surface area (Å²) in [7, 11) is 0. The summed E-state index contributed by atoms with van der Waals surface area (Å²) in [6.07, 6.45) is 0. The predicted octanol–water partition coefficient (Wildman–Crippen LogP) is 14.4. The summed E-state index contributed by atoms with van der Waals surface area (Å²) in [5, 5.41) is 7.10. The molecule has 0 atom stereocenters. The Morgan fingerprint density at radius 1 is 0.308 bits per heavy atom. The van der Waals surface area contributed by atoms with Gasteiger partial charge in [-0.15, -0.1) is 0 Å². The average molecular weight is 664 g/mol. The second kappa shape index (κ2) is 12.5. The molecule has 0 amide bonds. The van der Waals surface area contributed by atoms with E-state index in [2.05, 4.69) is 199 Å². The molecule has 10 rings (SSSR count). The molecular formula is C50H33NO. The van der Waals surface area contributed by atoms with Gasteiger partial charge in [-0.05, 0) is 116 Å². The van der Waals surface area contributed by atoms with Crippen LogP contribution in [-0.4, -0.2) is 0 Å². The maximum Gasteiger partial charge on any atom is 0.136 e. The van der Waals surface area contributed by atoms with Crippen molar-refractivity contribution < 1.29 is 4.42 Å². The lowest BCUT2D eigenvalue weighted by molar-refractivity contribution is 0.669. The number of para-hydroxylation sites is 2. The Kier molecular flexibility index (Phi) is 7.18. The van der Waals surface area contributed by atoms with Crippen LogP contribution < -0.4 is 4.90 Å². The normalized spacial score (nSPS) is 11.5. The van der Waals surface area contributed by atoms with Crippen LogP contribution >= 0.6 is 0 Å².